The first-order valence-corrected chi connectivity index (χ1v) is 9.22. The number of carbonyl (C=O) groups excluding carboxylic acids is 2. The van der Waals surface area contributed by atoms with E-state index >= 15 is 0 Å². The first-order chi connectivity index (χ1) is 12.0. The van der Waals surface area contributed by atoms with E-state index in [-0.39, 0.29) is 23.8 Å². The number of piperidine rings is 1. The third kappa shape index (κ3) is 4.30. The average Bonchev–Trinajstić information content (AvgIpc) is 2.94. The van der Waals surface area contributed by atoms with E-state index < -0.39 is 0 Å². The summed E-state index contributed by atoms with van der Waals surface area (Å²) in [4.78, 5) is 33.3. The van der Waals surface area contributed by atoms with E-state index in [1.54, 1.807) is 12.5 Å². The van der Waals surface area contributed by atoms with Gasteiger partial charge in [0.15, 0.2) is 0 Å². The monoisotopic (exact) mass is 344 g/mol. The van der Waals surface area contributed by atoms with Crippen LogP contribution >= 0.6 is 0 Å². The first kappa shape index (κ1) is 17.7. The largest absolute Gasteiger partial charge is 0.340 e. The molecule has 3 aliphatic rings. The lowest BCUT2D eigenvalue weighted by Gasteiger charge is -2.35. The van der Waals surface area contributed by atoms with Gasteiger partial charge in [-0.05, 0) is 33.1 Å². The lowest BCUT2D eigenvalue weighted by atomic mass is 9.94. The summed E-state index contributed by atoms with van der Waals surface area (Å²) < 4.78 is 1.99. The minimum atomic E-state index is -0.0260. The molecule has 0 N–H and O–H groups in total. The van der Waals surface area contributed by atoms with Gasteiger partial charge in [0.25, 0.3) is 0 Å². The molecule has 136 valence electrons. The molecular weight excluding hydrogens is 316 g/mol. The van der Waals surface area contributed by atoms with Crippen molar-refractivity contribution in [1.82, 2.24) is 19.4 Å². The highest BCUT2D eigenvalue weighted by Crippen LogP contribution is 2.29. The van der Waals surface area contributed by atoms with Crippen molar-refractivity contribution in [1.29, 1.82) is 0 Å². The van der Waals surface area contributed by atoms with Crippen LogP contribution < -0.4 is 0 Å². The SMILES string of the molecule is CC(C)=CCN1C(=O)[C@H]2CC[C@@H]1CN(C(=O)CCCn1ccnc1)C2. The predicted octanol–water partition coefficient (Wildman–Crippen LogP) is 2.08. The minimum Gasteiger partial charge on any atom is -0.340 e. The van der Waals surface area contributed by atoms with E-state index in [0.29, 0.717) is 26.1 Å². The number of hydrogen-bond donors (Lipinski definition) is 0. The minimum absolute atomic E-state index is 0.0260. The summed E-state index contributed by atoms with van der Waals surface area (Å²) in [6.45, 7) is 6.85. The number of aromatic nitrogens is 2. The third-order valence-electron chi connectivity index (χ3n) is 5.21. The molecule has 0 saturated carbocycles. The summed E-state index contributed by atoms with van der Waals surface area (Å²) in [7, 11) is 0. The highest BCUT2D eigenvalue weighted by molar-refractivity contribution is 5.83. The smallest absolute Gasteiger partial charge is 0.228 e. The maximum Gasteiger partial charge on any atom is 0.228 e. The van der Waals surface area contributed by atoms with Gasteiger partial charge in [-0.25, -0.2) is 4.98 Å². The van der Waals surface area contributed by atoms with Gasteiger partial charge in [-0.3, -0.25) is 9.59 Å². The molecule has 0 spiro atoms. The molecule has 4 rings (SSSR count). The zero-order chi connectivity index (χ0) is 17.8. The van der Waals surface area contributed by atoms with Crippen LogP contribution in [0.4, 0.5) is 0 Å². The van der Waals surface area contributed by atoms with Gasteiger partial charge in [0.05, 0.1) is 12.2 Å². The Labute approximate surface area is 149 Å². The molecule has 1 aromatic rings. The van der Waals surface area contributed by atoms with Gasteiger partial charge < -0.3 is 14.4 Å². The van der Waals surface area contributed by atoms with Crippen molar-refractivity contribution in [2.75, 3.05) is 19.6 Å². The van der Waals surface area contributed by atoms with Crippen molar-refractivity contribution in [2.24, 2.45) is 5.92 Å². The fourth-order valence-corrected chi connectivity index (χ4v) is 3.76. The summed E-state index contributed by atoms with van der Waals surface area (Å²) >= 11 is 0. The van der Waals surface area contributed by atoms with E-state index in [9.17, 15) is 9.59 Å². The number of aryl methyl sites for hydroxylation is 1. The highest BCUT2D eigenvalue weighted by atomic mass is 16.2. The summed E-state index contributed by atoms with van der Waals surface area (Å²) in [6, 6.07) is 0.166. The average molecular weight is 344 g/mol. The summed E-state index contributed by atoms with van der Waals surface area (Å²) in [5.41, 5.74) is 1.22. The number of allylic oxidation sites excluding steroid dienone is 1. The van der Waals surface area contributed by atoms with Crippen molar-refractivity contribution < 1.29 is 9.59 Å². The van der Waals surface area contributed by atoms with Gasteiger partial charge in [0.2, 0.25) is 11.8 Å². The summed E-state index contributed by atoms with van der Waals surface area (Å²) in [6.07, 6.45) is 10.8. The summed E-state index contributed by atoms with van der Waals surface area (Å²) in [5, 5.41) is 0. The number of amides is 2. The topological polar surface area (TPSA) is 58.4 Å². The van der Waals surface area contributed by atoms with Gasteiger partial charge in [0.1, 0.15) is 0 Å². The lowest BCUT2D eigenvalue weighted by molar-refractivity contribution is -0.139. The second-order valence-corrected chi connectivity index (χ2v) is 7.40. The van der Waals surface area contributed by atoms with E-state index in [2.05, 4.69) is 24.9 Å². The Bertz CT molecular complexity index is 634. The zero-order valence-corrected chi connectivity index (χ0v) is 15.2. The highest BCUT2D eigenvalue weighted by Gasteiger charge is 2.41. The molecule has 0 aliphatic carbocycles. The maximum atomic E-state index is 12.7. The van der Waals surface area contributed by atoms with E-state index in [1.165, 1.54) is 5.57 Å². The van der Waals surface area contributed by atoms with Gasteiger partial charge in [-0.2, -0.15) is 0 Å². The molecule has 1 aromatic heterocycles. The fourth-order valence-electron chi connectivity index (χ4n) is 3.76. The third-order valence-corrected chi connectivity index (χ3v) is 5.21. The number of imidazole rings is 1. The number of rotatable bonds is 6. The normalized spacial score (nSPS) is 22.9. The molecule has 3 aliphatic heterocycles. The molecule has 2 amide bonds. The number of carbonyl (C=O) groups is 2. The Kier molecular flexibility index (Phi) is 5.56. The molecular formula is C19H28N4O2. The molecule has 6 heteroatoms. The fraction of sp³-hybridized carbons (Fsp3) is 0.632. The Morgan fingerprint density at radius 1 is 1.32 bits per heavy atom. The number of fused-ring (bicyclic) bond motifs is 4. The predicted molar refractivity (Wildman–Crippen MR) is 95.7 cm³/mol. The second kappa shape index (κ2) is 7.85. The molecule has 0 unspecified atom stereocenters. The van der Waals surface area contributed by atoms with Crippen LogP contribution in [0.1, 0.15) is 39.5 Å². The molecule has 0 aromatic carbocycles. The Hall–Kier alpha value is -2.11. The van der Waals surface area contributed by atoms with E-state index in [0.717, 1.165) is 25.8 Å². The van der Waals surface area contributed by atoms with Crippen LogP contribution in [0.3, 0.4) is 0 Å². The van der Waals surface area contributed by atoms with Gasteiger partial charge in [-0.1, -0.05) is 11.6 Å². The van der Waals surface area contributed by atoms with Crippen LogP contribution in [0.15, 0.2) is 30.4 Å². The van der Waals surface area contributed by atoms with E-state index in [1.807, 2.05) is 20.6 Å². The van der Waals surface area contributed by atoms with Crippen molar-refractivity contribution in [3.8, 4) is 0 Å². The molecule has 2 atom stereocenters. The maximum absolute atomic E-state index is 12.7. The number of hydrogen-bond acceptors (Lipinski definition) is 3. The molecule has 25 heavy (non-hydrogen) atoms. The molecule has 6 nitrogen and oxygen atoms in total. The van der Waals surface area contributed by atoms with Gasteiger partial charge >= 0.3 is 0 Å². The van der Waals surface area contributed by atoms with Gasteiger partial charge in [-0.15, -0.1) is 0 Å². The van der Waals surface area contributed by atoms with Crippen molar-refractivity contribution in [3.05, 3.63) is 30.4 Å². The van der Waals surface area contributed by atoms with E-state index in [4.69, 9.17) is 0 Å². The lowest BCUT2D eigenvalue weighted by Crippen LogP contribution is -2.48. The van der Waals surface area contributed by atoms with Crippen LogP contribution in [0.25, 0.3) is 0 Å². The Balaban J connectivity index is 1.58. The quantitative estimate of drug-likeness (QED) is 0.743. The van der Waals surface area contributed by atoms with Crippen LogP contribution in [0.5, 0.6) is 0 Å². The molecule has 4 heterocycles. The van der Waals surface area contributed by atoms with Crippen molar-refractivity contribution in [3.63, 3.8) is 0 Å². The molecule has 0 radical (unpaired) electrons. The number of nitrogens with zero attached hydrogens (tertiary/aromatic N) is 4. The van der Waals surface area contributed by atoms with Crippen LogP contribution in [-0.4, -0.2) is 56.8 Å². The van der Waals surface area contributed by atoms with Crippen molar-refractivity contribution >= 4 is 11.8 Å². The molecule has 3 fully saturated rings. The first-order valence-electron chi connectivity index (χ1n) is 9.22. The molecule has 2 bridgehead atoms. The second-order valence-electron chi connectivity index (χ2n) is 7.40. The molecule has 3 saturated heterocycles. The van der Waals surface area contributed by atoms with Gasteiger partial charge in [0, 0.05) is 51.0 Å². The zero-order valence-electron chi connectivity index (χ0n) is 15.2. The van der Waals surface area contributed by atoms with Crippen LogP contribution in [0.2, 0.25) is 0 Å². The Morgan fingerprint density at radius 3 is 2.88 bits per heavy atom. The Morgan fingerprint density at radius 2 is 2.16 bits per heavy atom. The van der Waals surface area contributed by atoms with Crippen molar-refractivity contribution in [2.45, 2.75) is 52.1 Å². The van der Waals surface area contributed by atoms with Crippen LogP contribution in [0, 0.1) is 5.92 Å². The van der Waals surface area contributed by atoms with Crippen LogP contribution in [-0.2, 0) is 16.1 Å². The summed E-state index contributed by atoms with van der Waals surface area (Å²) in [5.74, 6) is 0.373. The standard InChI is InChI=1S/C19H28N4O2/c1-15(2)7-10-23-17-6-5-16(19(23)25)12-22(13-17)18(24)4-3-9-21-11-8-20-14-21/h7-8,11,14,16-17H,3-6,9-10,12-13H2,1-2H3/t16-,17+/m0/s1.